The van der Waals surface area contributed by atoms with E-state index in [-0.39, 0.29) is 23.9 Å². The zero-order chi connectivity index (χ0) is 23.1. The molecule has 1 aromatic heterocycles. The van der Waals surface area contributed by atoms with Crippen LogP contribution in [0.25, 0.3) is 11.0 Å². The van der Waals surface area contributed by atoms with E-state index in [0.717, 1.165) is 41.6 Å². The van der Waals surface area contributed by atoms with Gasteiger partial charge in [0.1, 0.15) is 6.04 Å². The van der Waals surface area contributed by atoms with E-state index < -0.39 is 6.04 Å². The highest BCUT2D eigenvalue weighted by Crippen LogP contribution is 2.34. The average Bonchev–Trinajstić information content (AvgIpc) is 3.06. The molecule has 178 valence electrons. The van der Waals surface area contributed by atoms with Crippen LogP contribution in [0.15, 0.2) is 23.0 Å². The molecular weight excluding hydrogens is 418 g/mol. The zero-order valence-corrected chi connectivity index (χ0v) is 19.8. The number of carbonyl (C=O) groups is 2. The van der Waals surface area contributed by atoms with Crippen LogP contribution in [0, 0.1) is 11.8 Å². The van der Waals surface area contributed by atoms with Crippen LogP contribution >= 0.6 is 0 Å². The second kappa shape index (κ2) is 8.97. The molecule has 8 nitrogen and oxygen atoms in total. The molecular formula is C25H35N5O3. The molecule has 3 fully saturated rings. The standard InChI is InChI=1S/C25H35N5O3/c1-27-12-8-17(9-13-27)16-18-10-14-29(15-11-18)19-4-3-5-20-23(19)28(2)25(33)30(20)21-6-7-22(31)26-24(21)32/h3-5,17-18,21H,6-16H2,1-2H3,(H,26,31,32). The Labute approximate surface area is 194 Å². The summed E-state index contributed by atoms with van der Waals surface area (Å²) in [5.41, 5.74) is 2.50. The summed E-state index contributed by atoms with van der Waals surface area (Å²) in [6, 6.07) is 5.34. The van der Waals surface area contributed by atoms with Crippen LogP contribution in [-0.2, 0) is 16.6 Å². The number of imidazole rings is 1. The summed E-state index contributed by atoms with van der Waals surface area (Å²) in [6.45, 7) is 4.44. The Morgan fingerprint density at radius 3 is 2.24 bits per heavy atom. The van der Waals surface area contributed by atoms with Gasteiger partial charge in [0.05, 0.1) is 16.7 Å². The maximum Gasteiger partial charge on any atom is 0.329 e. The van der Waals surface area contributed by atoms with Crippen LogP contribution in [-0.4, -0.2) is 59.1 Å². The highest BCUT2D eigenvalue weighted by Gasteiger charge is 2.32. The van der Waals surface area contributed by atoms with Gasteiger partial charge in [0.25, 0.3) is 0 Å². The first kappa shape index (κ1) is 22.2. The lowest BCUT2D eigenvalue weighted by Gasteiger charge is -2.37. The molecule has 0 aliphatic carbocycles. The molecule has 2 aromatic rings. The maximum absolute atomic E-state index is 13.2. The number of hydrogen-bond donors (Lipinski definition) is 1. The van der Waals surface area contributed by atoms with E-state index in [1.807, 2.05) is 12.1 Å². The minimum Gasteiger partial charge on any atom is -0.370 e. The number of likely N-dealkylation sites (tertiary alicyclic amines) is 1. The molecule has 1 unspecified atom stereocenters. The molecule has 0 bridgehead atoms. The molecule has 0 radical (unpaired) electrons. The van der Waals surface area contributed by atoms with Crippen molar-refractivity contribution in [3.05, 3.63) is 28.7 Å². The molecule has 8 heteroatoms. The largest absolute Gasteiger partial charge is 0.370 e. The van der Waals surface area contributed by atoms with E-state index in [1.165, 1.54) is 45.2 Å². The van der Waals surface area contributed by atoms with Crippen molar-refractivity contribution in [2.24, 2.45) is 18.9 Å². The Kier molecular flexibility index (Phi) is 6.03. The summed E-state index contributed by atoms with van der Waals surface area (Å²) in [4.78, 5) is 42.1. The Balaban J connectivity index is 1.35. The summed E-state index contributed by atoms with van der Waals surface area (Å²) in [6.07, 6.45) is 6.98. The SMILES string of the molecule is CN1CCC(CC2CCN(c3cccc4c3n(C)c(=O)n4C3CCC(=O)NC3=O)CC2)CC1. The Bertz CT molecular complexity index is 1100. The molecule has 0 spiro atoms. The van der Waals surface area contributed by atoms with Crippen molar-refractivity contribution in [2.45, 2.75) is 51.0 Å². The van der Waals surface area contributed by atoms with Crippen molar-refractivity contribution in [3.63, 3.8) is 0 Å². The molecule has 1 N–H and O–H groups in total. The number of anilines is 1. The van der Waals surface area contributed by atoms with Gasteiger partial charge in [-0.05, 0) is 82.6 Å². The molecule has 1 atom stereocenters. The van der Waals surface area contributed by atoms with E-state index in [0.29, 0.717) is 6.42 Å². The average molecular weight is 454 g/mol. The van der Waals surface area contributed by atoms with Crippen LogP contribution < -0.4 is 15.9 Å². The molecule has 3 saturated heterocycles. The lowest BCUT2D eigenvalue weighted by molar-refractivity contribution is -0.135. The molecule has 3 aliphatic heterocycles. The number of amides is 2. The van der Waals surface area contributed by atoms with Gasteiger partial charge in [-0.15, -0.1) is 0 Å². The summed E-state index contributed by atoms with van der Waals surface area (Å²) < 4.78 is 3.24. The van der Waals surface area contributed by atoms with Crippen LogP contribution in [0.2, 0.25) is 0 Å². The van der Waals surface area contributed by atoms with E-state index >= 15 is 0 Å². The van der Waals surface area contributed by atoms with Gasteiger partial charge in [-0.3, -0.25) is 24.0 Å². The summed E-state index contributed by atoms with van der Waals surface area (Å²) in [7, 11) is 4.00. The first-order valence-electron chi connectivity index (χ1n) is 12.4. The lowest BCUT2D eigenvalue weighted by Crippen LogP contribution is -2.44. The number of aromatic nitrogens is 2. The number of para-hydroxylation sites is 1. The van der Waals surface area contributed by atoms with Crippen molar-refractivity contribution >= 4 is 28.5 Å². The molecule has 1 aromatic carbocycles. The van der Waals surface area contributed by atoms with Crippen molar-refractivity contribution in [2.75, 3.05) is 38.1 Å². The number of nitrogens with zero attached hydrogens (tertiary/aromatic N) is 4. The normalized spacial score (nSPS) is 23.9. The quantitative estimate of drug-likeness (QED) is 0.719. The van der Waals surface area contributed by atoms with E-state index in [1.54, 1.807) is 16.2 Å². The predicted molar refractivity (Wildman–Crippen MR) is 128 cm³/mol. The topological polar surface area (TPSA) is 79.6 Å². The number of fused-ring (bicyclic) bond motifs is 1. The van der Waals surface area contributed by atoms with Crippen molar-refractivity contribution in [1.82, 2.24) is 19.4 Å². The first-order valence-corrected chi connectivity index (χ1v) is 12.4. The summed E-state index contributed by atoms with van der Waals surface area (Å²) >= 11 is 0. The molecule has 3 aliphatic rings. The van der Waals surface area contributed by atoms with Crippen LogP contribution in [0.1, 0.15) is 51.0 Å². The fraction of sp³-hybridized carbons (Fsp3) is 0.640. The minimum absolute atomic E-state index is 0.205. The second-order valence-electron chi connectivity index (χ2n) is 10.2. The molecule has 33 heavy (non-hydrogen) atoms. The molecule has 0 saturated carbocycles. The second-order valence-corrected chi connectivity index (χ2v) is 10.2. The van der Waals surface area contributed by atoms with Crippen molar-refractivity contribution in [1.29, 1.82) is 0 Å². The number of imide groups is 1. The Morgan fingerprint density at radius 1 is 0.909 bits per heavy atom. The van der Waals surface area contributed by atoms with Crippen molar-refractivity contribution < 1.29 is 9.59 Å². The molecule has 2 amide bonds. The van der Waals surface area contributed by atoms with Crippen molar-refractivity contribution in [3.8, 4) is 0 Å². The first-order chi connectivity index (χ1) is 15.9. The van der Waals surface area contributed by atoms with Gasteiger partial charge in [0, 0.05) is 26.6 Å². The smallest absolute Gasteiger partial charge is 0.329 e. The number of carbonyl (C=O) groups excluding carboxylic acids is 2. The van der Waals surface area contributed by atoms with Gasteiger partial charge in [0.15, 0.2) is 0 Å². The number of hydrogen-bond acceptors (Lipinski definition) is 5. The van der Waals surface area contributed by atoms with Gasteiger partial charge >= 0.3 is 5.69 Å². The fourth-order valence-corrected chi connectivity index (χ4v) is 6.08. The monoisotopic (exact) mass is 453 g/mol. The zero-order valence-electron chi connectivity index (χ0n) is 19.8. The van der Waals surface area contributed by atoms with Crippen LogP contribution in [0.5, 0.6) is 0 Å². The number of aryl methyl sites for hydroxylation is 1. The third kappa shape index (κ3) is 4.21. The van der Waals surface area contributed by atoms with Crippen LogP contribution in [0.4, 0.5) is 5.69 Å². The summed E-state index contributed by atoms with van der Waals surface area (Å²) in [5.74, 6) is 0.990. The minimum atomic E-state index is -0.644. The third-order valence-electron chi connectivity index (χ3n) is 8.06. The summed E-state index contributed by atoms with van der Waals surface area (Å²) in [5, 5.41) is 2.39. The van der Waals surface area contributed by atoms with E-state index in [9.17, 15) is 14.4 Å². The van der Waals surface area contributed by atoms with Gasteiger partial charge in [0.2, 0.25) is 11.8 Å². The number of benzene rings is 1. The maximum atomic E-state index is 13.2. The van der Waals surface area contributed by atoms with Gasteiger partial charge < -0.3 is 9.80 Å². The highest BCUT2D eigenvalue weighted by molar-refractivity contribution is 6.00. The fourth-order valence-electron chi connectivity index (χ4n) is 6.08. The van der Waals surface area contributed by atoms with Crippen LogP contribution in [0.3, 0.4) is 0 Å². The van der Waals surface area contributed by atoms with Gasteiger partial charge in [-0.2, -0.15) is 0 Å². The van der Waals surface area contributed by atoms with Gasteiger partial charge in [-0.1, -0.05) is 6.07 Å². The van der Waals surface area contributed by atoms with Gasteiger partial charge in [-0.25, -0.2) is 4.79 Å². The third-order valence-corrected chi connectivity index (χ3v) is 8.06. The van der Waals surface area contributed by atoms with E-state index in [4.69, 9.17) is 0 Å². The number of piperidine rings is 3. The highest BCUT2D eigenvalue weighted by atomic mass is 16.2. The molecule has 5 rings (SSSR count). The van der Waals surface area contributed by atoms with E-state index in [2.05, 4.69) is 28.2 Å². The number of rotatable bonds is 4. The lowest BCUT2D eigenvalue weighted by atomic mass is 9.83. The number of nitrogens with one attached hydrogen (secondary N) is 1. The Morgan fingerprint density at radius 2 is 1.58 bits per heavy atom. The Hall–Kier alpha value is -2.61. The predicted octanol–water partition coefficient (Wildman–Crippen LogP) is 2.27. The molecule has 4 heterocycles.